The summed E-state index contributed by atoms with van der Waals surface area (Å²) in [6, 6.07) is 0. The monoisotopic (exact) mass is 243 g/mol. The minimum atomic E-state index is -0.381. The van der Waals surface area contributed by atoms with Gasteiger partial charge in [0.15, 0.2) is 5.13 Å². The van der Waals surface area contributed by atoms with Gasteiger partial charge in [0, 0.05) is 6.92 Å². The van der Waals surface area contributed by atoms with Gasteiger partial charge >= 0.3 is 5.97 Å². The summed E-state index contributed by atoms with van der Waals surface area (Å²) >= 11 is 1.13. The van der Waals surface area contributed by atoms with Crippen LogP contribution in [-0.2, 0) is 20.7 Å². The molecule has 0 fully saturated rings. The second-order valence-electron chi connectivity index (χ2n) is 2.99. The largest absolute Gasteiger partial charge is 0.466 e. The second kappa shape index (κ2) is 5.45. The maximum atomic E-state index is 11.2. The average molecular weight is 243 g/mol. The van der Waals surface area contributed by atoms with E-state index >= 15 is 0 Å². The zero-order chi connectivity index (χ0) is 12.1. The molecule has 3 N–H and O–H groups in total. The molecule has 1 heterocycles. The Morgan fingerprint density at radius 2 is 2.25 bits per heavy atom. The number of carbonyl (C=O) groups is 2. The van der Waals surface area contributed by atoms with Gasteiger partial charge in [-0.2, -0.15) is 0 Å². The Morgan fingerprint density at radius 3 is 2.81 bits per heavy atom. The highest BCUT2D eigenvalue weighted by molar-refractivity contribution is 7.19. The number of nitrogens with two attached hydrogens (primary N) is 1. The van der Waals surface area contributed by atoms with Crippen molar-refractivity contribution in [3.05, 3.63) is 5.69 Å². The molecule has 1 amide bonds. The molecule has 0 radical (unpaired) electrons. The summed E-state index contributed by atoms with van der Waals surface area (Å²) in [4.78, 5) is 26.0. The third kappa shape index (κ3) is 3.50. The van der Waals surface area contributed by atoms with Crippen LogP contribution in [0.4, 0.5) is 10.1 Å². The fourth-order valence-electron chi connectivity index (χ4n) is 1.04. The number of thiazole rings is 1. The number of rotatable bonds is 4. The number of hydrogen-bond acceptors (Lipinski definition) is 6. The van der Waals surface area contributed by atoms with Crippen molar-refractivity contribution >= 4 is 33.3 Å². The van der Waals surface area contributed by atoms with E-state index in [4.69, 9.17) is 10.5 Å². The molecule has 0 saturated carbocycles. The van der Waals surface area contributed by atoms with Gasteiger partial charge in [-0.1, -0.05) is 11.3 Å². The maximum Gasteiger partial charge on any atom is 0.311 e. The Labute approximate surface area is 96.8 Å². The lowest BCUT2D eigenvalue weighted by Gasteiger charge is -1.99. The van der Waals surface area contributed by atoms with E-state index in [0.29, 0.717) is 22.4 Å². The van der Waals surface area contributed by atoms with Crippen LogP contribution in [0.3, 0.4) is 0 Å². The highest BCUT2D eigenvalue weighted by Gasteiger charge is 2.13. The van der Waals surface area contributed by atoms with Gasteiger partial charge in [0.1, 0.15) is 5.00 Å². The third-order valence-corrected chi connectivity index (χ3v) is 2.47. The van der Waals surface area contributed by atoms with Crippen LogP contribution in [0.15, 0.2) is 0 Å². The smallest absolute Gasteiger partial charge is 0.311 e. The molecule has 0 bridgehead atoms. The predicted octanol–water partition coefficient (Wildman–Crippen LogP) is 0.789. The van der Waals surface area contributed by atoms with Crippen LogP contribution in [0.5, 0.6) is 0 Å². The molecule has 0 saturated heterocycles. The minimum absolute atomic E-state index is 0.0236. The molecule has 0 atom stereocenters. The summed E-state index contributed by atoms with van der Waals surface area (Å²) in [7, 11) is 0. The summed E-state index contributed by atoms with van der Waals surface area (Å²) < 4.78 is 4.77. The third-order valence-electron chi connectivity index (χ3n) is 1.63. The standard InChI is InChI=1S/C9H13N3O3S/c1-3-15-7(14)4-6-8(10)16-9(12-6)11-5(2)13/h3-4,10H2,1-2H3,(H,11,12,13). The number of nitrogens with one attached hydrogen (secondary N) is 1. The average Bonchev–Trinajstić information content (AvgIpc) is 2.45. The van der Waals surface area contributed by atoms with Gasteiger partial charge in [-0.3, -0.25) is 9.59 Å². The van der Waals surface area contributed by atoms with E-state index in [2.05, 4.69) is 10.3 Å². The maximum absolute atomic E-state index is 11.2. The lowest BCUT2D eigenvalue weighted by Crippen LogP contribution is -2.09. The van der Waals surface area contributed by atoms with Crippen molar-refractivity contribution in [2.75, 3.05) is 17.7 Å². The number of nitrogens with zero attached hydrogens (tertiary/aromatic N) is 1. The molecule has 0 aliphatic heterocycles. The molecule has 1 rings (SSSR count). The summed E-state index contributed by atoms with van der Waals surface area (Å²) in [5, 5.41) is 3.31. The van der Waals surface area contributed by atoms with Gasteiger partial charge in [-0.05, 0) is 6.92 Å². The highest BCUT2D eigenvalue weighted by Crippen LogP contribution is 2.25. The SMILES string of the molecule is CCOC(=O)Cc1nc(NC(C)=O)sc1N. The summed E-state index contributed by atoms with van der Waals surface area (Å²) in [6.45, 7) is 3.43. The molecule has 1 aromatic rings. The van der Waals surface area contributed by atoms with Crippen LogP contribution in [0, 0.1) is 0 Å². The second-order valence-corrected chi connectivity index (χ2v) is 4.02. The van der Waals surface area contributed by atoms with Crippen LogP contribution in [0.2, 0.25) is 0 Å². The van der Waals surface area contributed by atoms with Crippen molar-refractivity contribution < 1.29 is 14.3 Å². The Balaban J connectivity index is 2.70. The number of esters is 1. The van der Waals surface area contributed by atoms with Crippen LogP contribution in [0.1, 0.15) is 19.5 Å². The number of aromatic nitrogens is 1. The topological polar surface area (TPSA) is 94.3 Å². The molecular formula is C9H13N3O3S. The molecule has 16 heavy (non-hydrogen) atoms. The lowest BCUT2D eigenvalue weighted by atomic mass is 10.3. The number of hydrogen-bond donors (Lipinski definition) is 2. The van der Waals surface area contributed by atoms with Crippen molar-refractivity contribution in [3.63, 3.8) is 0 Å². The fraction of sp³-hybridized carbons (Fsp3) is 0.444. The molecule has 0 spiro atoms. The van der Waals surface area contributed by atoms with Gasteiger partial charge in [0.2, 0.25) is 5.91 Å². The highest BCUT2D eigenvalue weighted by atomic mass is 32.1. The van der Waals surface area contributed by atoms with E-state index in [9.17, 15) is 9.59 Å². The number of ether oxygens (including phenoxy) is 1. The van der Waals surface area contributed by atoms with E-state index in [0.717, 1.165) is 11.3 Å². The molecule has 0 aliphatic carbocycles. The van der Waals surface area contributed by atoms with Crippen molar-refractivity contribution in [3.8, 4) is 0 Å². The first kappa shape index (κ1) is 12.4. The van der Waals surface area contributed by atoms with E-state index in [-0.39, 0.29) is 18.3 Å². The summed E-state index contributed by atoms with van der Waals surface area (Å²) in [6.07, 6.45) is 0.0236. The van der Waals surface area contributed by atoms with E-state index in [1.165, 1.54) is 6.92 Å². The molecule has 7 heteroatoms. The molecule has 6 nitrogen and oxygen atoms in total. The van der Waals surface area contributed by atoms with E-state index in [1.54, 1.807) is 6.92 Å². The lowest BCUT2D eigenvalue weighted by molar-refractivity contribution is -0.142. The number of anilines is 2. The zero-order valence-corrected chi connectivity index (χ0v) is 9.89. The van der Waals surface area contributed by atoms with Gasteiger partial charge < -0.3 is 15.8 Å². The van der Waals surface area contributed by atoms with E-state index < -0.39 is 0 Å². The Bertz CT molecular complexity index is 403. The Hall–Kier alpha value is -1.63. The first-order valence-corrected chi connectivity index (χ1v) is 5.53. The van der Waals surface area contributed by atoms with Crippen LogP contribution in [-0.4, -0.2) is 23.5 Å². The van der Waals surface area contributed by atoms with Gasteiger partial charge in [0.25, 0.3) is 0 Å². The van der Waals surface area contributed by atoms with Crippen molar-refractivity contribution in [2.45, 2.75) is 20.3 Å². The molecule has 1 aromatic heterocycles. The predicted molar refractivity (Wildman–Crippen MR) is 61.2 cm³/mol. The Kier molecular flexibility index (Phi) is 4.24. The molecule has 0 unspecified atom stereocenters. The van der Waals surface area contributed by atoms with Gasteiger partial charge in [0.05, 0.1) is 18.7 Å². The number of nitrogen functional groups attached to an aromatic ring is 1. The zero-order valence-electron chi connectivity index (χ0n) is 9.07. The van der Waals surface area contributed by atoms with Crippen molar-refractivity contribution in [2.24, 2.45) is 0 Å². The van der Waals surface area contributed by atoms with Crippen LogP contribution >= 0.6 is 11.3 Å². The van der Waals surface area contributed by atoms with Crippen molar-refractivity contribution in [1.82, 2.24) is 4.98 Å². The minimum Gasteiger partial charge on any atom is -0.466 e. The van der Waals surface area contributed by atoms with Gasteiger partial charge in [-0.25, -0.2) is 4.98 Å². The molecular weight excluding hydrogens is 230 g/mol. The van der Waals surface area contributed by atoms with Crippen LogP contribution < -0.4 is 11.1 Å². The quantitative estimate of drug-likeness (QED) is 0.762. The molecule has 0 aromatic carbocycles. The van der Waals surface area contributed by atoms with Gasteiger partial charge in [-0.15, -0.1) is 0 Å². The summed E-state index contributed by atoms with van der Waals surface area (Å²) in [5.41, 5.74) is 6.10. The first-order valence-electron chi connectivity index (χ1n) is 4.71. The van der Waals surface area contributed by atoms with E-state index in [1.807, 2.05) is 0 Å². The summed E-state index contributed by atoms with van der Waals surface area (Å²) in [5.74, 6) is -0.606. The molecule has 88 valence electrons. The number of carbonyl (C=O) groups excluding carboxylic acids is 2. The number of amides is 1. The fourth-order valence-corrected chi connectivity index (χ4v) is 1.84. The van der Waals surface area contributed by atoms with Crippen LogP contribution in [0.25, 0.3) is 0 Å². The van der Waals surface area contributed by atoms with Crippen molar-refractivity contribution in [1.29, 1.82) is 0 Å². The Morgan fingerprint density at radius 1 is 1.56 bits per heavy atom. The first-order chi connectivity index (χ1) is 7.52. The molecule has 0 aliphatic rings. The normalized spacial score (nSPS) is 9.88.